The van der Waals surface area contributed by atoms with Gasteiger partial charge < -0.3 is 19.2 Å². The van der Waals surface area contributed by atoms with Gasteiger partial charge in [0.1, 0.15) is 12.0 Å². The second-order valence-electron chi connectivity index (χ2n) is 8.16. The van der Waals surface area contributed by atoms with Gasteiger partial charge in [0.05, 0.1) is 25.5 Å². The summed E-state index contributed by atoms with van der Waals surface area (Å²) in [6, 6.07) is 6.24. The predicted octanol–water partition coefficient (Wildman–Crippen LogP) is 7.07. The first-order valence-corrected chi connectivity index (χ1v) is 12.9. The fourth-order valence-corrected chi connectivity index (χ4v) is 4.48. The van der Waals surface area contributed by atoms with Gasteiger partial charge in [0, 0.05) is 29.6 Å². The molecule has 0 spiro atoms. The molecule has 0 amide bonds. The Morgan fingerprint density at radius 2 is 1.94 bits per heavy atom. The van der Waals surface area contributed by atoms with Crippen LogP contribution in [0.3, 0.4) is 0 Å². The molecule has 35 heavy (non-hydrogen) atoms. The molecule has 0 bridgehead atoms. The first kappa shape index (κ1) is 30.3. The van der Waals surface area contributed by atoms with Crippen LogP contribution in [0.4, 0.5) is 5.13 Å². The predicted molar refractivity (Wildman–Crippen MR) is 151 cm³/mol. The number of anilines is 1. The molecule has 0 N–H and O–H groups in total. The van der Waals surface area contributed by atoms with Crippen LogP contribution in [-0.2, 0) is 22.4 Å². The summed E-state index contributed by atoms with van der Waals surface area (Å²) in [6.45, 7) is 16.8. The number of allylic oxidation sites excluding steroid dienone is 4. The highest BCUT2D eigenvalue weighted by Crippen LogP contribution is 2.41. The molecule has 6 heteroatoms. The molecule has 1 aromatic carbocycles. The first-order chi connectivity index (χ1) is 16.9. The number of hydrogen-bond acceptors (Lipinski definition) is 6. The van der Waals surface area contributed by atoms with Crippen molar-refractivity contribution >= 4 is 22.8 Å². The number of nitrogens with zero attached hydrogens (tertiary/aromatic N) is 2. The minimum absolute atomic E-state index is 0.217. The van der Waals surface area contributed by atoms with Crippen LogP contribution in [0.15, 0.2) is 55.2 Å². The quantitative estimate of drug-likeness (QED) is 0.199. The highest BCUT2D eigenvalue weighted by atomic mass is 32.1. The molecule has 5 nitrogen and oxygen atoms in total. The number of carbonyl (C=O) groups excluding carboxylic acids is 1. The Bertz CT molecular complexity index is 961. The largest absolute Gasteiger partial charge is 0.496 e. The highest BCUT2D eigenvalue weighted by molar-refractivity contribution is 7.16. The topological polar surface area (TPSA) is 51.7 Å². The normalized spacial score (nSPS) is 12.2. The van der Waals surface area contributed by atoms with Gasteiger partial charge in [0.25, 0.3) is 0 Å². The van der Waals surface area contributed by atoms with Crippen LogP contribution < -0.4 is 9.64 Å². The van der Waals surface area contributed by atoms with Gasteiger partial charge in [0.2, 0.25) is 0 Å². The fourth-order valence-electron chi connectivity index (χ4n) is 3.42. The fraction of sp³-hybridized carbons (Fsp3) is 0.448. The molecule has 0 aliphatic heterocycles. The molecule has 1 unspecified atom stereocenters. The molecule has 1 heterocycles. The van der Waals surface area contributed by atoms with E-state index >= 15 is 0 Å². The highest BCUT2D eigenvalue weighted by Gasteiger charge is 2.24. The maximum atomic E-state index is 8.81. The summed E-state index contributed by atoms with van der Waals surface area (Å²) in [5.74, 6) is 0.965. The number of fused-ring (bicyclic) bond motifs is 3. The van der Waals surface area contributed by atoms with E-state index in [2.05, 4.69) is 38.1 Å². The van der Waals surface area contributed by atoms with Crippen LogP contribution in [0, 0.1) is 0 Å². The standard InChI is InChI=1S/C23H30N2O2S.C4H8.C2H4O/c1-6-16(2)10-11-17(3)27-15-14-25(4)23-24-22-19-8-7-9-20(26-5)18(19)12-13-21(22)28-23;1-3-4-2;1-2-3/h6-9,17H,1-2,10-15H2,3-5H3;3-4H,1-2H3;2H,1H3/b;4-3-;. The van der Waals surface area contributed by atoms with E-state index in [-0.39, 0.29) is 6.10 Å². The van der Waals surface area contributed by atoms with E-state index in [4.69, 9.17) is 19.3 Å². The van der Waals surface area contributed by atoms with Crippen LogP contribution in [0.5, 0.6) is 5.75 Å². The van der Waals surface area contributed by atoms with Gasteiger partial charge in [-0.1, -0.05) is 49.1 Å². The maximum absolute atomic E-state index is 8.81. The zero-order valence-corrected chi connectivity index (χ0v) is 23.1. The summed E-state index contributed by atoms with van der Waals surface area (Å²) in [5.41, 5.74) is 4.67. The lowest BCUT2D eigenvalue weighted by Gasteiger charge is -2.18. The third-order valence-electron chi connectivity index (χ3n) is 5.55. The molecule has 192 valence electrons. The number of aldehydes is 1. The zero-order valence-electron chi connectivity index (χ0n) is 22.3. The summed E-state index contributed by atoms with van der Waals surface area (Å²) in [4.78, 5) is 17.3. The average molecular weight is 499 g/mol. The molecule has 1 atom stereocenters. The van der Waals surface area contributed by atoms with Gasteiger partial charge in [-0.25, -0.2) is 4.98 Å². The molecule has 1 aromatic heterocycles. The molecule has 1 aliphatic carbocycles. The van der Waals surface area contributed by atoms with Crippen molar-refractivity contribution in [2.75, 3.05) is 32.2 Å². The van der Waals surface area contributed by atoms with Crippen molar-refractivity contribution in [2.24, 2.45) is 0 Å². The van der Waals surface area contributed by atoms with Crippen molar-refractivity contribution in [3.63, 3.8) is 0 Å². The molecule has 0 saturated heterocycles. The lowest BCUT2D eigenvalue weighted by Crippen LogP contribution is -2.24. The Morgan fingerprint density at radius 3 is 2.54 bits per heavy atom. The number of thiazole rings is 1. The molecular formula is C29H42N2O3S. The van der Waals surface area contributed by atoms with Crippen LogP contribution >= 0.6 is 11.3 Å². The number of methoxy groups -OCH3 is 1. The first-order valence-electron chi connectivity index (χ1n) is 12.1. The second kappa shape index (κ2) is 16.8. The van der Waals surface area contributed by atoms with E-state index in [0.29, 0.717) is 6.61 Å². The van der Waals surface area contributed by atoms with Crippen molar-refractivity contribution in [3.05, 3.63) is 65.6 Å². The summed E-state index contributed by atoms with van der Waals surface area (Å²) < 4.78 is 11.5. The van der Waals surface area contributed by atoms with Crippen molar-refractivity contribution < 1.29 is 14.3 Å². The second-order valence-corrected chi connectivity index (χ2v) is 9.22. The third-order valence-corrected chi connectivity index (χ3v) is 6.78. The monoisotopic (exact) mass is 498 g/mol. The Hall–Kier alpha value is -2.70. The summed E-state index contributed by atoms with van der Waals surface area (Å²) >= 11 is 1.79. The van der Waals surface area contributed by atoms with E-state index in [1.807, 2.05) is 44.2 Å². The molecular weight excluding hydrogens is 456 g/mol. The van der Waals surface area contributed by atoms with Gasteiger partial charge >= 0.3 is 0 Å². The molecule has 0 radical (unpaired) electrons. The van der Waals surface area contributed by atoms with E-state index in [1.165, 1.54) is 22.9 Å². The SMILES string of the molecule is C/C=C\C.C=CC(=C)CCC(C)OCCN(C)c1nc2c(s1)CCc1c(OC)cccc1-2.CC=O. The molecule has 0 saturated carbocycles. The van der Waals surface area contributed by atoms with Crippen molar-refractivity contribution in [3.8, 4) is 17.0 Å². The van der Waals surface area contributed by atoms with E-state index in [1.54, 1.807) is 18.4 Å². The van der Waals surface area contributed by atoms with Crippen molar-refractivity contribution in [1.29, 1.82) is 0 Å². The van der Waals surface area contributed by atoms with Gasteiger partial charge in [-0.05, 0) is 59.4 Å². The number of aryl methyl sites for hydroxylation is 1. The minimum Gasteiger partial charge on any atom is -0.496 e. The van der Waals surface area contributed by atoms with E-state index < -0.39 is 0 Å². The number of benzene rings is 1. The van der Waals surface area contributed by atoms with Crippen LogP contribution in [0.25, 0.3) is 11.3 Å². The Balaban J connectivity index is 0.000000778. The van der Waals surface area contributed by atoms with Gasteiger partial charge in [-0.15, -0.1) is 11.3 Å². The van der Waals surface area contributed by atoms with Crippen molar-refractivity contribution in [2.45, 2.75) is 59.5 Å². The van der Waals surface area contributed by atoms with Crippen molar-refractivity contribution in [1.82, 2.24) is 4.98 Å². The minimum atomic E-state index is 0.217. The molecule has 2 aromatic rings. The number of carbonyl (C=O) groups is 1. The smallest absolute Gasteiger partial charge is 0.185 e. The Kier molecular flexibility index (Phi) is 14.6. The summed E-state index contributed by atoms with van der Waals surface area (Å²) in [6.07, 6.45) is 10.7. The average Bonchev–Trinajstić information content (AvgIpc) is 3.32. The lowest BCUT2D eigenvalue weighted by molar-refractivity contribution is -0.106. The van der Waals surface area contributed by atoms with Gasteiger partial charge in [-0.2, -0.15) is 0 Å². The Morgan fingerprint density at radius 1 is 1.26 bits per heavy atom. The zero-order chi connectivity index (χ0) is 26.2. The number of aromatic nitrogens is 1. The third kappa shape index (κ3) is 9.82. The Labute approximate surface area is 216 Å². The summed E-state index contributed by atoms with van der Waals surface area (Å²) in [7, 11) is 3.82. The number of hydrogen-bond donors (Lipinski definition) is 0. The van der Waals surface area contributed by atoms with E-state index in [0.717, 1.165) is 60.7 Å². The van der Waals surface area contributed by atoms with Gasteiger partial charge in [0.15, 0.2) is 5.13 Å². The molecule has 1 aliphatic rings. The van der Waals surface area contributed by atoms with Crippen LogP contribution in [0.2, 0.25) is 0 Å². The number of ether oxygens (including phenoxy) is 2. The summed E-state index contributed by atoms with van der Waals surface area (Å²) in [5, 5.41) is 1.05. The molecule has 0 fully saturated rings. The van der Waals surface area contributed by atoms with Crippen LogP contribution in [0.1, 0.15) is 51.0 Å². The number of likely N-dealkylation sites (N-methyl/N-ethyl adjacent to an activating group) is 1. The van der Waals surface area contributed by atoms with Crippen LogP contribution in [-0.4, -0.2) is 44.7 Å². The molecule has 3 rings (SSSR count). The number of rotatable bonds is 10. The lowest BCUT2D eigenvalue weighted by atomic mass is 9.93. The maximum Gasteiger partial charge on any atom is 0.185 e. The van der Waals surface area contributed by atoms with Gasteiger partial charge in [-0.3, -0.25) is 0 Å². The van der Waals surface area contributed by atoms with E-state index in [9.17, 15) is 0 Å².